The van der Waals surface area contributed by atoms with E-state index in [4.69, 9.17) is 5.11 Å². The summed E-state index contributed by atoms with van der Waals surface area (Å²) in [5.74, 6) is 0.934. The van der Waals surface area contributed by atoms with Crippen LogP contribution < -0.4 is 5.32 Å². The first kappa shape index (κ1) is 18.0. The van der Waals surface area contributed by atoms with Gasteiger partial charge in [-0.05, 0) is 38.0 Å². The maximum Gasteiger partial charge on any atom is 0.317 e. The Morgan fingerprint density at radius 3 is 2.58 bits per heavy atom. The van der Waals surface area contributed by atoms with Crippen molar-refractivity contribution in [1.29, 1.82) is 0 Å². The molecule has 6 heteroatoms. The van der Waals surface area contributed by atoms with E-state index in [0.29, 0.717) is 13.1 Å². The molecule has 1 heterocycles. The summed E-state index contributed by atoms with van der Waals surface area (Å²) in [6, 6.07) is 7.81. The van der Waals surface area contributed by atoms with Gasteiger partial charge in [0.2, 0.25) is 0 Å². The normalized spacial score (nSPS) is 12.0. The Morgan fingerprint density at radius 2 is 2.04 bits per heavy atom. The highest BCUT2D eigenvalue weighted by Gasteiger charge is 2.15. The third kappa shape index (κ3) is 4.35. The van der Waals surface area contributed by atoms with Crippen molar-refractivity contribution in [3.8, 4) is 5.69 Å². The third-order valence-corrected chi connectivity index (χ3v) is 3.99. The molecule has 0 spiro atoms. The number of urea groups is 1. The molecule has 130 valence electrons. The van der Waals surface area contributed by atoms with E-state index < -0.39 is 0 Å². The lowest BCUT2D eigenvalue weighted by Gasteiger charge is -2.24. The van der Waals surface area contributed by atoms with Crippen LogP contribution in [0.1, 0.15) is 37.7 Å². The minimum absolute atomic E-state index is 0.0270. The first-order valence-electron chi connectivity index (χ1n) is 8.33. The average Bonchev–Trinajstić information content (AvgIpc) is 3.00. The zero-order valence-electron chi connectivity index (χ0n) is 14.6. The van der Waals surface area contributed by atoms with Crippen LogP contribution in [-0.4, -0.2) is 45.3 Å². The molecule has 0 bridgehead atoms. The monoisotopic (exact) mass is 330 g/mol. The Labute approximate surface area is 143 Å². The Balaban J connectivity index is 2.03. The summed E-state index contributed by atoms with van der Waals surface area (Å²) in [6.45, 7) is 6.89. The van der Waals surface area contributed by atoms with Gasteiger partial charge in [-0.15, -0.1) is 0 Å². The van der Waals surface area contributed by atoms with E-state index in [9.17, 15) is 4.79 Å². The number of carbonyl (C=O) groups is 1. The van der Waals surface area contributed by atoms with Gasteiger partial charge >= 0.3 is 6.03 Å². The summed E-state index contributed by atoms with van der Waals surface area (Å²) in [7, 11) is 0. The second-order valence-electron chi connectivity index (χ2n) is 5.82. The maximum absolute atomic E-state index is 12.3. The number of hydrogen-bond donors (Lipinski definition) is 2. The molecule has 1 aromatic carbocycles. The largest absolute Gasteiger partial charge is 0.395 e. The molecule has 1 unspecified atom stereocenters. The number of amides is 2. The van der Waals surface area contributed by atoms with Gasteiger partial charge in [-0.25, -0.2) is 9.78 Å². The van der Waals surface area contributed by atoms with Gasteiger partial charge in [0.05, 0.1) is 12.6 Å². The van der Waals surface area contributed by atoms with E-state index in [1.54, 1.807) is 11.1 Å². The fourth-order valence-corrected chi connectivity index (χ4v) is 2.64. The van der Waals surface area contributed by atoms with E-state index in [0.717, 1.165) is 23.5 Å². The fraction of sp³-hybridized carbons (Fsp3) is 0.444. The zero-order chi connectivity index (χ0) is 17.5. The van der Waals surface area contributed by atoms with Crippen molar-refractivity contribution < 1.29 is 9.90 Å². The standard InChI is InChI=1S/C18H26N4O2/c1-4-10-21(12-13-23)18(24)20-14(2)16-5-7-17(8-6-16)22-11-9-19-15(22)3/h5-9,11,14,23H,4,10,12-13H2,1-3H3,(H,20,24). The molecule has 2 rings (SSSR count). The average molecular weight is 330 g/mol. The van der Waals surface area contributed by atoms with Crippen LogP contribution >= 0.6 is 0 Å². The Hall–Kier alpha value is -2.34. The van der Waals surface area contributed by atoms with Gasteiger partial charge in [0.1, 0.15) is 5.82 Å². The molecule has 0 fully saturated rings. The summed E-state index contributed by atoms with van der Waals surface area (Å²) in [5.41, 5.74) is 2.07. The molecular weight excluding hydrogens is 304 g/mol. The molecule has 0 aliphatic heterocycles. The highest BCUT2D eigenvalue weighted by atomic mass is 16.3. The van der Waals surface area contributed by atoms with Gasteiger partial charge in [0, 0.05) is 31.2 Å². The molecule has 0 aliphatic rings. The number of carbonyl (C=O) groups excluding carboxylic acids is 1. The van der Waals surface area contributed by atoms with Crippen LogP contribution in [0.3, 0.4) is 0 Å². The smallest absolute Gasteiger partial charge is 0.317 e. The van der Waals surface area contributed by atoms with Gasteiger partial charge in [0.15, 0.2) is 0 Å². The number of aliphatic hydroxyl groups is 1. The first-order chi connectivity index (χ1) is 11.6. The van der Waals surface area contributed by atoms with Crippen LogP contribution in [0.2, 0.25) is 0 Å². The summed E-state index contributed by atoms with van der Waals surface area (Å²) >= 11 is 0. The van der Waals surface area contributed by atoms with Crippen LogP contribution in [0.4, 0.5) is 4.79 Å². The molecule has 0 aliphatic carbocycles. The quantitative estimate of drug-likeness (QED) is 0.820. The molecular formula is C18H26N4O2. The number of benzene rings is 1. The number of nitrogens with zero attached hydrogens (tertiary/aromatic N) is 3. The molecule has 2 N–H and O–H groups in total. The van der Waals surface area contributed by atoms with E-state index in [-0.39, 0.29) is 18.7 Å². The Kier molecular flexibility index (Phi) is 6.37. The van der Waals surface area contributed by atoms with Crippen molar-refractivity contribution in [1.82, 2.24) is 19.8 Å². The molecule has 1 aromatic heterocycles. The predicted octanol–water partition coefficient (Wildman–Crippen LogP) is 2.66. The van der Waals surface area contributed by atoms with Gasteiger partial charge in [-0.1, -0.05) is 19.1 Å². The van der Waals surface area contributed by atoms with Crippen LogP contribution in [0.25, 0.3) is 5.69 Å². The lowest BCUT2D eigenvalue weighted by atomic mass is 10.1. The molecule has 0 saturated carbocycles. The highest BCUT2D eigenvalue weighted by Crippen LogP contribution is 2.17. The van der Waals surface area contributed by atoms with Crippen LogP contribution in [0.5, 0.6) is 0 Å². The maximum atomic E-state index is 12.3. The minimum Gasteiger partial charge on any atom is -0.395 e. The molecule has 24 heavy (non-hydrogen) atoms. The van der Waals surface area contributed by atoms with E-state index >= 15 is 0 Å². The molecule has 6 nitrogen and oxygen atoms in total. The second kappa shape index (κ2) is 8.49. The molecule has 2 amide bonds. The molecule has 0 radical (unpaired) electrons. The molecule has 2 aromatic rings. The second-order valence-corrected chi connectivity index (χ2v) is 5.82. The number of hydrogen-bond acceptors (Lipinski definition) is 3. The molecule has 1 atom stereocenters. The van der Waals surface area contributed by atoms with Gasteiger partial charge in [-0.3, -0.25) is 0 Å². The van der Waals surface area contributed by atoms with Crippen LogP contribution in [0.15, 0.2) is 36.7 Å². The van der Waals surface area contributed by atoms with Gasteiger partial charge in [-0.2, -0.15) is 0 Å². The summed E-state index contributed by atoms with van der Waals surface area (Å²) < 4.78 is 2.01. The topological polar surface area (TPSA) is 70.4 Å². The van der Waals surface area contributed by atoms with Crippen molar-refractivity contribution in [2.75, 3.05) is 19.7 Å². The predicted molar refractivity (Wildman–Crippen MR) is 94.2 cm³/mol. The van der Waals surface area contributed by atoms with Gasteiger partial charge in [0.25, 0.3) is 0 Å². The highest BCUT2D eigenvalue weighted by molar-refractivity contribution is 5.74. The van der Waals surface area contributed by atoms with Crippen molar-refractivity contribution in [3.05, 3.63) is 48.0 Å². The number of rotatable bonds is 7. The minimum atomic E-state index is -0.145. The fourth-order valence-electron chi connectivity index (χ4n) is 2.64. The summed E-state index contributed by atoms with van der Waals surface area (Å²) in [5, 5.41) is 12.1. The Morgan fingerprint density at radius 1 is 1.33 bits per heavy atom. The van der Waals surface area contributed by atoms with Crippen molar-refractivity contribution in [2.45, 2.75) is 33.2 Å². The first-order valence-corrected chi connectivity index (χ1v) is 8.33. The number of aromatic nitrogens is 2. The van der Waals surface area contributed by atoms with Crippen molar-refractivity contribution in [2.24, 2.45) is 0 Å². The van der Waals surface area contributed by atoms with Crippen molar-refractivity contribution in [3.63, 3.8) is 0 Å². The van der Waals surface area contributed by atoms with Crippen LogP contribution in [0, 0.1) is 6.92 Å². The number of imidazole rings is 1. The lowest BCUT2D eigenvalue weighted by molar-refractivity contribution is 0.174. The van der Waals surface area contributed by atoms with E-state index in [1.165, 1.54) is 0 Å². The van der Waals surface area contributed by atoms with E-state index in [2.05, 4.69) is 10.3 Å². The zero-order valence-corrected chi connectivity index (χ0v) is 14.6. The summed E-state index contributed by atoms with van der Waals surface area (Å²) in [6.07, 6.45) is 4.56. The number of aryl methyl sites for hydroxylation is 1. The SMILES string of the molecule is CCCN(CCO)C(=O)NC(C)c1ccc(-n2ccnc2C)cc1. The molecule has 0 saturated heterocycles. The van der Waals surface area contributed by atoms with Crippen LogP contribution in [-0.2, 0) is 0 Å². The number of nitrogens with one attached hydrogen (secondary N) is 1. The van der Waals surface area contributed by atoms with Gasteiger partial charge < -0.3 is 19.9 Å². The third-order valence-electron chi connectivity index (χ3n) is 3.99. The van der Waals surface area contributed by atoms with E-state index in [1.807, 2.05) is 55.8 Å². The van der Waals surface area contributed by atoms with Crippen molar-refractivity contribution >= 4 is 6.03 Å². The summed E-state index contributed by atoms with van der Waals surface area (Å²) in [4.78, 5) is 18.2. The lowest BCUT2D eigenvalue weighted by Crippen LogP contribution is -2.42. The number of aliphatic hydroxyl groups excluding tert-OH is 1. The Bertz CT molecular complexity index is 645.